The van der Waals surface area contributed by atoms with Gasteiger partial charge in [-0.05, 0) is 23.5 Å². The molecule has 0 aromatic heterocycles. The third-order valence-corrected chi connectivity index (χ3v) is 2.81. The van der Waals surface area contributed by atoms with Crippen LogP contribution in [0.2, 0.25) is 0 Å². The zero-order valence-electron chi connectivity index (χ0n) is 11.1. The maximum Gasteiger partial charge on any atom is 0.314 e. The number of hydrogen-bond acceptors (Lipinski definition) is 3. The molecule has 0 aliphatic rings. The minimum Gasteiger partial charge on any atom is -0.469 e. The Balaban J connectivity index is 2.87. The molecule has 3 nitrogen and oxygen atoms in total. The molecular weight excluding hydrogens is 226 g/mol. The van der Waals surface area contributed by atoms with Crippen molar-refractivity contribution >= 4 is 5.97 Å². The van der Waals surface area contributed by atoms with Crippen molar-refractivity contribution in [2.75, 3.05) is 7.11 Å². The second-order valence-electron chi connectivity index (χ2n) is 4.78. The number of benzene rings is 1. The van der Waals surface area contributed by atoms with Gasteiger partial charge in [0.2, 0.25) is 0 Å². The highest BCUT2D eigenvalue weighted by Crippen LogP contribution is 2.22. The van der Waals surface area contributed by atoms with Crippen molar-refractivity contribution in [3.8, 4) is 6.07 Å². The molecule has 0 fully saturated rings. The van der Waals surface area contributed by atoms with Crippen molar-refractivity contribution in [2.24, 2.45) is 5.92 Å². The molecule has 0 heterocycles. The van der Waals surface area contributed by atoms with Crippen LogP contribution in [0.1, 0.15) is 37.3 Å². The maximum absolute atomic E-state index is 11.6. The van der Waals surface area contributed by atoms with Gasteiger partial charge in [-0.3, -0.25) is 4.79 Å². The van der Waals surface area contributed by atoms with E-state index in [1.54, 1.807) is 0 Å². The standard InChI is InChI=1S/C15H19NO2/c1-11(2)10-12-4-6-13(7-5-12)14(8-9-16)15(17)18-3/h4-7,11,14H,8,10H2,1-3H3. The van der Waals surface area contributed by atoms with Crippen molar-refractivity contribution in [1.29, 1.82) is 5.26 Å². The van der Waals surface area contributed by atoms with Crippen LogP contribution in [0.3, 0.4) is 0 Å². The van der Waals surface area contributed by atoms with E-state index in [1.807, 2.05) is 30.3 Å². The first-order valence-electron chi connectivity index (χ1n) is 6.12. The lowest BCUT2D eigenvalue weighted by atomic mass is 9.94. The smallest absolute Gasteiger partial charge is 0.314 e. The van der Waals surface area contributed by atoms with Crippen molar-refractivity contribution < 1.29 is 9.53 Å². The van der Waals surface area contributed by atoms with Crippen molar-refractivity contribution in [3.63, 3.8) is 0 Å². The van der Waals surface area contributed by atoms with Crippen molar-refractivity contribution in [3.05, 3.63) is 35.4 Å². The van der Waals surface area contributed by atoms with Gasteiger partial charge >= 0.3 is 5.97 Å². The summed E-state index contributed by atoms with van der Waals surface area (Å²) in [7, 11) is 1.35. The van der Waals surface area contributed by atoms with Crippen LogP contribution in [0.15, 0.2) is 24.3 Å². The quantitative estimate of drug-likeness (QED) is 0.749. The summed E-state index contributed by atoms with van der Waals surface area (Å²) >= 11 is 0. The Morgan fingerprint density at radius 2 is 1.94 bits per heavy atom. The predicted molar refractivity (Wildman–Crippen MR) is 70.0 cm³/mol. The normalized spacial score (nSPS) is 11.9. The highest BCUT2D eigenvalue weighted by molar-refractivity contribution is 5.78. The molecule has 0 aliphatic carbocycles. The second kappa shape index (κ2) is 6.80. The number of hydrogen-bond donors (Lipinski definition) is 0. The molecule has 1 atom stereocenters. The molecule has 0 aliphatic heterocycles. The van der Waals surface area contributed by atoms with E-state index in [1.165, 1.54) is 12.7 Å². The van der Waals surface area contributed by atoms with Crippen molar-refractivity contribution in [2.45, 2.75) is 32.6 Å². The van der Waals surface area contributed by atoms with Crippen LogP contribution in [0.4, 0.5) is 0 Å². The Bertz CT molecular complexity index is 429. The van der Waals surface area contributed by atoms with Crippen LogP contribution >= 0.6 is 0 Å². The number of rotatable bonds is 5. The lowest BCUT2D eigenvalue weighted by Crippen LogP contribution is -2.13. The summed E-state index contributed by atoms with van der Waals surface area (Å²) in [6.07, 6.45) is 1.16. The first-order chi connectivity index (χ1) is 8.58. The number of ether oxygens (including phenoxy) is 1. The van der Waals surface area contributed by atoms with Gasteiger partial charge in [0.15, 0.2) is 0 Å². The van der Waals surface area contributed by atoms with Gasteiger partial charge in [-0.1, -0.05) is 38.1 Å². The molecular formula is C15H19NO2. The number of nitrogens with zero attached hydrogens (tertiary/aromatic N) is 1. The summed E-state index contributed by atoms with van der Waals surface area (Å²) < 4.78 is 4.72. The van der Waals surface area contributed by atoms with Gasteiger partial charge in [-0.25, -0.2) is 0 Å². The molecule has 18 heavy (non-hydrogen) atoms. The van der Waals surface area contributed by atoms with Crippen LogP contribution in [-0.4, -0.2) is 13.1 Å². The van der Waals surface area contributed by atoms with E-state index in [0.29, 0.717) is 5.92 Å². The van der Waals surface area contributed by atoms with Gasteiger partial charge in [-0.15, -0.1) is 0 Å². The lowest BCUT2D eigenvalue weighted by molar-refractivity contribution is -0.142. The SMILES string of the molecule is COC(=O)C(CC#N)c1ccc(CC(C)C)cc1. The fraction of sp³-hybridized carbons (Fsp3) is 0.467. The first-order valence-corrected chi connectivity index (χ1v) is 6.12. The molecule has 96 valence electrons. The molecule has 1 aromatic carbocycles. The van der Waals surface area contributed by atoms with E-state index in [4.69, 9.17) is 10.00 Å². The van der Waals surface area contributed by atoms with E-state index >= 15 is 0 Å². The molecule has 1 rings (SSSR count). The average Bonchev–Trinajstić information content (AvgIpc) is 2.35. The molecule has 0 amide bonds. The largest absolute Gasteiger partial charge is 0.469 e. The number of carbonyl (C=O) groups excluding carboxylic acids is 1. The summed E-state index contributed by atoms with van der Waals surface area (Å²) in [5.74, 6) is -0.229. The number of methoxy groups -OCH3 is 1. The Labute approximate surface area is 108 Å². The number of nitriles is 1. The average molecular weight is 245 g/mol. The Hall–Kier alpha value is -1.82. The third kappa shape index (κ3) is 3.89. The monoisotopic (exact) mass is 245 g/mol. The van der Waals surface area contributed by atoms with Crippen LogP contribution in [-0.2, 0) is 16.0 Å². The van der Waals surface area contributed by atoms with E-state index < -0.39 is 5.92 Å². The fourth-order valence-electron chi connectivity index (χ4n) is 1.93. The highest BCUT2D eigenvalue weighted by Gasteiger charge is 2.20. The molecule has 0 saturated carbocycles. The predicted octanol–water partition coefficient (Wildman–Crippen LogP) is 3.06. The number of carbonyl (C=O) groups is 1. The molecule has 3 heteroatoms. The highest BCUT2D eigenvalue weighted by atomic mass is 16.5. The lowest BCUT2D eigenvalue weighted by Gasteiger charge is -2.12. The molecule has 1 aromatic rings. The van der Waals surface area contributed by atoms with Crippen LogP contribution in [0, 0.1) is 17.2 Å². The van der Waals surface area contributed by atoms with Gasteiger partial charge in [-0.2, -0.15) is 5.26 Å². The zero-order valence-corrected chi connectivity index (χ0v) is 11.1. The Kier molecular flexibility index (Phi) is 5.38. The zero-order chi connectivity index (χ0) is 13.5. The minimum absolute atomic E-state index is 0.149. The van der Waals surface area contributed by atoms with Crippen LogP contribution in [0.5, 0.6) is 0 Å². The Morgan fingerprint density at radius 1 is 1.33 bits per heavy atom. The molecule has 0 radical (unpaired) electrons. The third-order valence-electron chi connectivity index (χ3n) is 2.81. The first kappa shape index (κ1) is 14.2. The van der Waals surface area contributed by atoms with E-state index in [2.05, 4.69) is 13.8 Å². The molecule has 0 spiro atoms. The fourth-order valence-corrected chi connectivity index (χ4v) is 1.93. The summed E-state index contributed by atoms with van der Waals surface area (Å²) in [6.45, 7) is 4.34. The second-order valence-corrected chi connectivity index (χ2v) is 4.78. The topological polar surface area (TPSA) is 50.1 Å². The van der Waals surface area contributed by atoms with Crippen LogP contribution in [0.25, 0.3) is 0 Å². The van der Waals surface area contributed by atoms with E-state index in [-0.39, 0.29) is 12.4 Å². The summed E-state index contributed by atoms with van der Waals surface area (Å²) in [4.78, 5) is 11.6. The van der Waals surface area contributed by atoms with Gasteiger partial charge in [0.25, 0.3) is 0 Å². The molecule has 0 bridgehead atoms. The van der Waals surface area contributed by atoms with Gasteiger partial charge in [0.1, 0.15) is 0 Å². The van der Waals surface area contributed by atoms with Crippen LogP contribution < -0.4 is 0 Å². The van der Waals surface area contributed by atoms with E-state index in [9.17, 15) is 4.79 Å². The number of esters is 1. The van der Waals surface area contributed by atoms with E-state index in [0.717, 1.165) is 12.0 Å². The van der Waals surface area contributed by atoms with Crippen molar-refractivity contribution in [1.82, 2.24) is 0 Å². The Morgan fingerprint density at radius 3 is 2.39 bits per heavy atom. The molecule has 0 saturated heterocycles. The summed E-state index contributed by atoms with van der Waals surface area (Å²) in [5.41, 5.74) is 2.09. The summed E-state index contributed by atoms with van der Waals surface area (Å²) in [5, 5.41) is 8.76. The summed E-state index contributed by atoms with van der Waals surface area (Å²) in [6, 6.07) is 9.89. The maximum atomic E-state index is 11.6. The van der Waals surface area contributed by atoms with Gasteiger partial charge in [0, 0.05) is 0 Å². The molecule has 0 N–H and O–H groups in total. The van der Waals surface area contributed by atoms with Gasteiger partial charge in [0.05, 0.1) is 25.5 Å². The minimum atomic E-state index is -0.479. The van der Waals surface area contributed by atoms with Gasteiger partial charge < -0.3 is 4.74 Å². The molecule has 1 unspecified atom stereocenters.